The second-order valence-corrected chi connectivity index (χ2v) is 6.81. The SMILES string of the molecule is CCc1ccc(Nc2ccc(C(=O)N3CCN(c4ncccn4)CC3)nn2)cc1. The number of carbonyl (C=O) groups excluding carboxylic acids is 1. The normalized spacial score (nSPS) is 14.0. The third kappa shape index (κ3) is 4.48. The van der Waals surface area contributed by atoms with Crippen LogP contribution in [0.4, 0.5) is 17.5 Å². The molecule has 0 saturated carbocycles. The lowest BCUT2D eigenvalue weighted by Gasteiger charge is -2.34. The summed E-state index contributed by atoms with van der Waals surface area (Å²) in [6.45, 7) is 4.71. The van der Waals surface area contributed by atoms with E-state index in [0.29, 0.717) is 43.6 Å². The summed E-state index contributed by atoms with van der Waals surface area (Å²) in [6.07, 6.45) is 4.45. The molecule has 2 aromatic heterocycles. The van der Waals surface area contributed by atoms with Crippen LogP contribution < -0.4 is 10.2 Å². The molecular weight excluding hydrogens is 366 g/mol. The largest absolute Gasteiger partial charge is 0.339 e. The van der Waals surface area contributed by atoms with Crippen LogP contribution in [-0.2, 0) is 6.42 Å². The molecule has 4 rings (SSSR count). The molecule has 1 aliphatic heterocycles. The first-order valence-corrected chi connectivity index (χ1v) is 9.74. The summed E-state index contributed by atoms with van der Waals surface area (Å²) < 4.78 is 0. The van der Waals surface area contributed by atoms with Crippen LogP contribution in [0.2, 0.25) is 0 Å². The van der Waals surface area contributed by atoms with Crippen LogP contribution in [0.15, 0.2) is 54.9 Å². The monoisotopic (exact) mass is 389 g/mol. The zero-order chi connectivity index (χ0) is 20.1. The molecule has 1 aromatic carbocycles. The minimum Gasteiger partial charge on any atom is -0.339 e. The lowest BCUT2D eigenvalue weighted by Crippen LogP contribution is -2.49. The van der Waals surface area contributed by atoms with E-state index in [0.717, 1.165) is 12.1 Å². The van der Waals surface area contributed by atoms with Crippen molar-refractivity contribution in [3.8, 4) is 0 Å². The highest BCUT2D eigenvalue weighted by molar-refractivity contribution is 5.92. The van der Waals surface area contributed by atoms with Crippen LogP contribution in [0.25, 0.3) is 0 Å². The van der Waals surface area contributed by atoms with Gasteiger partial charge in [0.15, 0.2) is 11.5 Å². The smallest absolute Gasteiger partial charge is 0.274 e. The minimum atomic E-state index is -0.107. The summed E-state index contributed by atoms with van der Waals surface area (Å²) in [5, 5.41) is 11.5. The fourth-order valence-corrected chi connectivity index (χ4v) is 3.21. The summed E-state index contributed by atoms with van der Waals surface area (Å²) in [5.74, 6) is 1.20. The third-order valence-electron chi connectivity index (χ3n) is 4.92. The number of aryl methyl sites for hydroxylation is 1. The van der Waals surface area contributed by atoms with Crippen molar-refractivity contribution in [3.05, 3.63) is 66.1 Å². The number of nitrogens with one attached hydrogen (secondary N) is 1. The fourth-order valence-electron chi connectivity index (χ4n) is 3.21. The van der Waals surface area contributed by atoms with Crippen molar-refractivity contribution in [2.75, 3.05) is 36.4 Å². The van der Waals surface area contributed by atoms with Gasteiger partial charge >= 0.3 is 0 Å². The van der Waals surface area contributed by atoms with Gasteiger partial charge in [0.05, 0.1) is 0 Å². The van der Waals surface area contributed by atoms with E-state index >= 15 is 0 Å². The molecular formula is C21H23N7O. The number of amides is 1. The molecule has 0 unspecified atom stereocenters. The molecule has 0 radical (unpaired) electrons. The van der Waals surface area contributed by atoms with E-state index in [1.807, 2.05) is 12.1 Å². The van der Waals surface area contributed by atoms with Gasteiger partial charge in [-0.05, 0) is 42.3 Å². The van der Waals surface area contributed by atoms with Crippen LogP contribution in [0, 0.1) is 0 Å². The minimum absolute atomic E-state index is 0.107. The maximum absolute atomic E-state index is 12.7. The first kappa shape index (κ1) is 18.8. The lowest BCUT2D eigenvalue weighted by atomic mass is 10.1. The van der Waals surface area contributed by atoms with Gasteiger partial charge in [0.1, 0.15) is 0 Å². The molecule has 0 spiro atoms. The quantitative estimate of drug-likeness (QED) is 0.717. The van der Waals surface area contributed by atoms with Gasteiger partial charge in [-0.15, -0.1) is 10.2 Å². The number of rotatable bonds is 5. The van der Waals surface area contributed by atoms with Crippen LogP contribution in [-0.4, -0.2) is 57.2 Å². The maximum atomic E-state index is 12.7. The predicted octanol–water partition coefficient (Wildman–Crippen LogP) is 2.54. The first-order valence-electron chi connectivity index (χ1n) is 9.74. The molecule has 0 atom stereocenters. The molecule has 1 N–H and O–H groups in total. The number of nitrogens with zero attached hydrogens (tertiary/aromatic N) is 6. The molecule has 0 bridgehead atoms. The number of benzene rings is 1. The zero-order valence-corrected chi connectivity index (χ0v) is 16.3. The van der Waals surface area contributed by atoms with Crippen molar-refractivity contribution in [3.63, 3.8) is 0 Å². The van der Waals surface area contributed by atoms with Crippen LogP contribution in [0.5, 0.6) is 0 Å². The Bertz CT molecular complexity index is 937. The van der Waals surface area contributed by atoms with Gasteiger partial charge in [0.2, 0.25) is 5.95 Å². The topological polar surface area (TPSA) is 87.1 Å². The average Bonchev–Trinajstić information content (AvgIpc) is 2.80. The van der Waals surface area contributed by atoms with Gasteiger partial charge < -0.3 is 15.1 Å². The van der Waals surface area contributed by atoms with Crippen molar-refractivity contribution < 1.29 is 4.79 Å². The Morgan fingerprint density at radius 3 is 2.31 bits per heavy atom. The molecule has 0 aliphatic carbocycles. The Morgan fingerprint density at radius 2 is 1.69 bits per heavy atom. The Balaban J connectivity index is 1.34. The van der Waals surface area contributed by atoms with Crippen LogP contribution in [0.1, 0.15) is 23.0 Å². The van der Waals surface area contributed by atoms with Crippen molar-refractivity contribution in [1.82, 2.24) is 25.1 Å². The molecule has 3 aromatic rings. The molecule has 148 valence electrons. The standard InChI is InChI=1S/C21H23N7O/c1-2-16-4-6-17(7-5-16)24-19-9-8-18(25-26-19)20(29)27-12-14-28(15-13-27)21-22-10-3-11-23-21/h3-11H,2,12-15H2,1H3,(H,24,26). The molecule has 8 heteroatoms. The summed E-state index contributed by atoms with van der Waals surface area (Å²) in [4.78, 5) is 25.1. The first-order chi connectivity index (χ1) is 14.2. The average molecular weight is 389 g/mol. The number of aromatic nitrogens is 4. The summed E-state index contributed by atoms with van der Waals surface area (Å²) in [5.41, 5.74) is 2.57. The predicted molar refractivity (Wildman–Crippen MR) is 111 cm³/mol. The van der Waals surface area contributed by atoms with E-state index in [-0.39, 0.29) is 5.91 Å². The van der Waals surface area contributed by atoms with Gasteiger partial charge in [-0.3, -0.25) is 4.79 Å². The summed E-state index contributed by atoms with van der Waals surface area (Å²) in [7, 11) is 0. The molecule has 8 nitrogen and oxygen atoms in total. The van der Waals surface area contributed by atoms with E-state index in [4.69, 9.17) is 0 Å². The molecule has 1 fully saturated rings. The summed E-state index contributed by atoms with van der Waals surface area (Å²) >= 11 is 0. The summed E-state index contributed by atoms with van der Waals surface area (Å²) in [6, 6.07) is 13.5. The zero-order valence-electron chi connectivity index (χ0n) is 16.3. The number of anilines is 3. The Kier molecular flexibility index (Phi) is 5.60. The van der Waals surface area contributed by atoms with E-state index < -0.39 is 0 Å². The van der Waals surface area contributed by atoms with Crippen molar-refractivity contribution in [1.29, 1.82) is 0 Å². The Morgan fingerprint density at radius 1 is 0.966 bits per heavy atom. The van der Waals surface area contributed by atoms with E-state index in [2.05, 4.69) is 49.4 Å². The van der Waals surface area contributed by atoms with Gasteiger partial charge in [-0.2, -0.15) is 0 Å². The van der Waals surface area contributed by atoms with Crippen LogP contribution in [0.3, 0.4) is 0 Å². The van der Waals surface area contributed by atoms with Crippen molar-refractivity contribution in [2.45, 2.75) is 13.3 Å². The van der Waals surface area contributed by atoms with Gasteiger partial charge in [0.25, 0.3) is 5.91 Å². The highest BCUT2D eigenvalue weighted by atomic mass is 16.2. The lowest BCUT2D eigenvalue weighted by molar-refractivity contribution is 0.0739. The van der Waals surface area contributed by atoms with Crippen molar-refractivity contribution in [2.24, 2.45) is 0 Å². The molecule has 1 amide bonds. The number of piperazine rings is 1. The number of hydrogen-bond donors (Lipinski definition) is 1. The molecule has 1 saturated heterocycles. The van der Waals surface area contributed by atoms with Gasteiger partial charge in [-0.25, -0.2) is 9.97 Å². The highest BCUT2D eigenvalue weighted by Crippen LogP contribution is 2.16. The van der Waals surface area contributed by atoms with Gasteiger partial charge in [0, 0.05) is 44.3 Å². The van der Waals surface area contributed by atoms with E-state index in [1.165, 1.54) is 5.56 Å². The molecule has 29 heavy (non-hydrogen) atoms. The molecule has 3 heterocycles. The second kappa shape index (κ2) is 8.64. The van der Waals surface area contributed by atoms with E-state index in [1.54, 1.807) is 35.5 Å². The molecule has 1 aliphatic rings. The highest BCUT2D eigenvalue weighted by Gasteiger charge is 2.24. The maximum Gasteiger partial charge on any atom is 0.274 e. The Hall–Kier alpha value is -3.55. The van der Waals surface area contributed by atoms with Crippen LogP contribution >= 0.6 is 0 Å². The van der Waals surface area contributed by atoms with Gasteiger partial charge in [-0.1, -0.05) is 19.1 Å². The number of carbonyl (C=O) groups is 1. The second-order valence-electron chi connectivity index (χ2n) is 6.81. The number of hydrogen-bond acceptors (Lipinski definition) is 7. The van der Waals surface area contributed by atoms with E-state index in [9.17, 15) is 4.79 Å². The fraction of sp³-hybridized carbons (Fsp3) is 0.286. The third-order valence-corrected chi connectivity index (χ3v) is 4.92. The Labute approximate surface area is 169 Å². The van der Waals surface area contributed by atoms with Crippen molar-refractivity contribution >= 4 is 23.4 Å².